The fourth-order valence-corrected chi connectivity index (χ4v) is 4.28. The maximum absolute atomic E-state index is 6.51. The molecule has 0 aromatic rings. The molecule has 2 aliphatic heterocycles. The van der Waals surface area contributed by atoms with Crippen molar-refractivity contribution in [2.45, 2.75) is 89.0 Å². The minimum absolute atomic E-state index is 0.221. The minimum atomic E-state index is 0.221. The van der Waals surface area contributed by atoms with Crippen LogP contribution in [-0.2, 0) is 4.74 Å². The Balaban J connectivity index is 1.62. The van der Waals surface area contributed by atoms with E-state index in [4.69, 9.17) is 4.74 Å². The molecule has 116 valence electrons. The van der Waals surface area contributed by atoms with E-state index >= 15 is 0 Å². The summed E-state index contributed by atoms with van der Waals surface area (Å²) in [7, 11) is 0. The summed E-state index contributed by atoms with van der Waals surface area (Å²) in [6.07, 6.45) is 8.38. The normalized spacial score (nSPS) is 35.7. The van der Waals surface area contributed by atoms with E-state index in [0.29, 0.717) is 6.10 Å². The molecule has 1 N–H and O–H groups in total. The molecule has 1 unspecified atom stereocenters. The molecular weight excluding hydrogens is 248 g/mol. The van der Waals surface area contributed by atoms with Crippen LogP contribution in [0.25, 0.3) is 0 Å². The highest BCUT2D eigenvalue weighted by Crippen LogP contribution is 2.43. The van der Waals surface area contributed by atoms with Crippen molar-refractivity contribution in [3.63, 3.8) is 0 Å². The van der Waals surface area contributed by atoms with Crippen LogP contribution in [0.4, 0.5) is 0 Å². The number of hydrogen-bond acceptors (Lipinski definition) is 3. The van der Waals surface area contributed by atoms with Gasteiger partial charge in [0.25, 0.3) is 0 Å². The van der Waals surface area contributed by atoms with Crippen LogP contribution in [0, 0.1) is 0 Å². The first-order chi connectivity index (χ1) is 9.30. The van der Waals surface area contributed by atoms with Gasteiger partial charge in [0.1, 0.15) is 0 Å². The third kappa shape index (κ3) is 2.90. The molecule has 1 aliphatic carbocycles. The number of nitrogens with one attached hydrogen (secondary N) is 1. The first kappa shape index (κ1) is 14.8. The van der Waals surface area contributed by atoms with E-state index in [1.807, 2.05) is 0 Å². The second-order valence-electron chi connectivity index (χ2n) is 8.60. The summed E-state index contributed by atoms with van der Waals surface area (Å²) in [6, 6.07) is 0. The van der Waals surface area contributed by atoms with Gasteiger partial charge in [-0.1, -0.05) is 12.8 Å². The zero-order chi connectivity index (χ0) is 14.4. The summed E-state index contributed by atoms with van der Waals surface area (Å²) in [5.74, 6) is 0. The quantitative estimate of drug-likeness (QED) is 0.841. The van der Waals surface area contributed by atoms with Crippen LogP contribution < -0.4 is 5.32 Å². The first-order valence-corrected chi connectivity index (χ1v) is 8.48. The lowest BCUT2D eigenvalue weighted by molar-refractivity contribution is -0.0677. The lowest BCUT2D eigenvalue weighted by atomic mass is 9.91. The average Bonchev–Trinajstić information content (AvgIpc) is 2.96. The van der Waals surface area contributed by atoms with Gasteiger partial charge in [0.15, 0.2) is 0 Å². The second kappa shape index (κ2) is 4.96. The van der Waals surface area contributed by atoms with E-state index in [1.54, 1.807) is 0 Å². The van der Waals surface area contributed by atoms with Gasteiger partial charge in [-0.05, 0) is 53.4 Å². The minimum Gasteiger partial charge on any atom is -0.370 e. The first-order valence-electron chi connectivity index (χ1n) is 8.48. The molecule has 0 amide bonds. The number of hydrogen-bond donors (Lipinski definition) is 1. The Hall–Kier alpha value is -0.120. The third-order valence-corrected chi connectivity index (χ3v) is 5.72. The molecule has 0 aromatic carbocycles. The smallest absolute Gasteiger partial charge is 0.0710 e. The van der Waals surface area contributed by atoms with Crippen LogP contribution in [0.15, 0.2) is 0 Å². The molecular formula is C17H32N2O. The summed E-state index contributed by atoms with van der Waals surface area (Å²) in [5.41, 5.74) is 0.738. The van der Waals surface area contributed by atoms with Gasteiger partial charge in [0.2, 0.25) is 0 Å². The Bertz CT molecular complexity index is 358. The van der Waals surface area contributed by atoms with Crippen molar-refractivity contribution in [3.8, 4) is 0 Å². The van der Waals surface area contributed by atoms with Crippen molar-refractivity contribution in [2.24, 2.45) is 0 Å². The van der Waals surface area contributed by atoms with Crippen molar-refractivity contribution in [3.05, 3.63) is 0 Å². The Morgan fingerprint density at radius 3 is 2.50 bits per heavy atom. The summed E-state index contributed by atoms with van der Waals surface area (Å²) in [5, 5.41) is 3.67. The number of ether oxygens (including phenoxy) is 1. The topological polar surface area (TPSA) is 24.5 Å². The molecule has 3 rings (SSSR count). The van der Waals surface area contributed by atoms with Crippen LogP contribution >= 0.6 is 0 Å². The highest BCUT2D eigenvalue weighted by atomic mass is 16.5. The van der Waals surface area contributed by atoms with Gasteiger partial charge in [-0.15, -0.1) is 0 Å². The van der Waals surface area contributed by atoms with Crippen LogP contribution in [0.1, 0.15) is 66.2 Å². The van der Waals surface area contributed by atoms with E-state index in [2.05, 4.69) is 37.9 Å². The maximum atomic E-state index is 6.51. The molecule has 1 atom stereocenters. The fourth-order valence-electron chi connectivity index (χ4n) is 4.28. The second-order valence-corrected chi connectivity index (χ2v) is 8.60. The zero-order valence-corrected chi connectivity index (χ0v) is 13.8. The molecule has 3 aliphatic rings. The molecule has 1 spiro atoms. The van der Waals surface area contributed by atoms with Gasteiger partial charge in [0.05, 0.1) is 11.7 Å². The number of rotatable bonds is 2. The maximum Gasteiger partial charge on any atom is 0.0710 e. The molecule has 2 heterocycles. The summed E-state index contributed by atoms with van der Waals surface area (Å²) in [4.78, 5) is 2.65. The van der Waals surface area contributed by atoms with E-state index in [1.165, 1.54) is 38.5 Å². The van der Waals surface area contributed by atoms with Gasteiger partial charge in [-0.2, -0.15) is 0 Å². The Morgan fingerprint density at radius 2 is 1.80 bits per heavy atom. The Morgan fingerprint density at radius 1 is 1.10 bits per heavy atom. The Labute approximate surface area is 124 Å². The van der Waals surface area contributed by atoms with Crippen molar-refractivity contribution in [1.29, 1.82) is 0 Å². The fraction of sp³-hybridized carbons (Fsp3) is 1.00. The van der Waals surface area contributed by atoms with Crippen molar-refractivity contribution in [2.75, 3.05) is 19.6 Å². The largest absolute Gasteiger partial charge is 0.370 e. The molecule has 3 heteroatoms. The van der Waals surface area contributed by atoms with Gasteiger partial charge in [-0.3, -0.25) is 4.90 Å². The number of piperazine rings is 1. The van der Waals surface area contributed by atoms with Crippen LogP contribution in [0.2, 0.25) is 0 Å². The van der Waals surface area contributed by atoms with Gasteiger partial charge in [-0.25, -0.2) is 0 Å². The van der Waals surface area contributed by atoms with E-state index < -0.39 is 0 Å². The Kier molecular flexibility index (Phi) is 3.67. The molecule has 3 fully saturated rings. The molecule has 3 nitrogen and oxygen atoms in total. The van der Waals surface area contributed by atoms with E-state index in [9.17, 15) is 0 Å². The lowest BCUT2D eigenvalue weighted by Crippen LogP contribution is -2.67. The third-order valence-electron chi connectivity index (χ3n) is 5.72. The highest BCUT2D eigenvalue weighted by Gasteiger charge is 2.45. The molecule has 2 saturated heterocycles. The monoisotopic (exact) mass is 280 g/mol. The van der Waals surface area contributed by atoms with E-state index in [-0.39, 0.29) is 16.7 Å². The molecule has 0 radical (unpaired) electrons. The molecule has 1 saturated carbocycles. The van der Waals surface area contributed by atoms with Crippen molar-refractivity contribution in [1.82, 2.24) is 10.2 Å². The molecule has 0 bridgehead atoms. The van der Waals surface area contributed by atoms with Crippen LogP contribution in [0.3, 0.4) is 0 Å². The average molecular weight is 280 g/mol. The van der Waals surface area contributed by atoms with Crippen LogP contribution in [0.5, 0.6) is 0 Å². The predicted octanol–water partition coefficient (Wildman–Crippen LogP) is 2.94. The van der Waals surface area contributed by atoms with Gasteiger partial charge in [0, 0.05) is 30.7 Å². The van der Waals surface area contributed by atoms with Crippen molar-refractivity contribution >= 4 is 0 Å². The zero-order valence-electron chi connectivity index (χ0n) is 13.8. The summed E-state index contributed by atoms with van der Waals surface area (Å²) >= 11 is 0. The SMILES string of the molecule is CC1(C)CN(CC2CCC3(CCCC3)O2)C(C)(C)CN1. The standard InChI is InChI=1S/C17H32N2O/c1-15(2)13-19(16(3,4)12-18-15)11-14-7-10-17(20-14)8-5-6-9-17/h14,18H,5-13H2,1-4H3. The number of nitrogens with zero attached hydrogens (tertiary/aromatic N) is 1. The predicted molar refractivity (Wildman–Crippen MR) is 83.0 cm³/mol. The van der Waals surface area contributed by atoms with Crippen LogP contribution in [-0.4, -0.2) is 47.3 Å². The summed E-state index contributed by atoms with van der Waals surface area (Å²) < 4.78 is 6.51. The lowest BCUT2D eigenvalue weighted by Gasteiger charge is -2.50. The molecule has 20 heavy (non-hydrogen) atoms. The van der Waals surface area contributed by atoms with E-state index in [0.717, 1.165) is 19.6 Å². The van der Waals surface area contributed by atoms with Gasteiger partial charge >= 0.3 is 0 Å². The molecule has 0 aromatic heterocycles. The highest BCUT2D eigenvalue weighted by molar-refractivity contribution is 5.00. The van der Waals surface area contributed by atoms with Gasteiger partial charge < -0.3 is 10.1 Å². The van der Waals surface area contributed by atoms with Crippen molar-refractivity contribution < 1.29 is 4.74 Å². The summed E-state index contributed by atoms with van der Waals surface area (Å²) in [6.45, 7) is 12.6.